The first-order chi connectivity index (χ1) is 10.4. The summed E-state index contributed by atoms with van der Waals surface area (Å²) in [7, 11) is 0. The first-order valence-electron chi connectivity index (χ1n) is 7.96. The van der Waals surface area contributed by atoms with Gasteiger partial charge >= 0.3 is 0 Å². The molecule has 1 aliphatic heterocycles. The second-order valence-electron chi connectivity index (χ2n) is 6.43. The van der Waals surface area contributed by atoms with E-state index in [0.29, 0.717) is 24.8 Å². The quantitative estimate of drug-likeness (QED) is 0.928. The number of carbonyl (C=O) groups is 1. The number of hydrogen-bond donors (Lipinski definition) is 1. The summed E-state index contributed by atoms with van der Waals surface area (Å²) >= 11 is 0. The van der Waals surface area contributed by atoms with Crippen molar-refractivity contribution in [3.05, 3.63) is 35.4 Å². The maximum absolute atomic E-state index is 13.5. The van der Waals surface area contributed by atoms with Crippen LogP contribution in [-0.2, 0) is 4.79 Å². The number of nitrogens with zero attached hydrogens (tertiary/aromatic N) is 1. The molecule has 1 aromatic rings. The number of carbonyl (C=O) groups excluding carboxylic acids is 1. The molecule has 2 aliphatic rings. The Balaban J connectivity index is 1.96. The van der Waals surface area contributed by atoms with Gasteiger partial charge in [-0.15, -0.1) is 0 Å². The summed E-state index contributed by atoms with van der Waals surface area (Å²) in [5.74, 6) is -1.45. The molecule has 0 spiro atoms. The fourth-order valence-corrected chi connectivity index (χ4v) is 3.55. The Morgan fingerprint density at radius 2 is 1.91 bits per heavy atom. The predicted octanol–water partition coefficient (Wildman–Crippen LogP) is 3.53. The van der Waals surface area contributed by atoms with Crippen molar-refractivity contribution in [2.45, 2.75) is 57.2 Å². The lowest BCUT2D eigenvalue weighted by molar-refractivity contribution is -0.164. The highest BCUT2D eigenvalue weighted by Crippen LogP contribution is 2.45. The zero-order chi connectivity index (χ0) is 15.9. The molecule has 2 atom stereocenters. The van der Waals surface area contributed by atoms with Crippen molar-refractivity contribution in [2.24, 2.45) is 5.92 Å². The Kier molecular flexibility index (Phi) is 3.93. The van der Waals surface area contributed by atoms with Crippen LogP contribution < -0.4 is 0 Å². The molecule has 0 aromatic heterocycles. The van der Waals surface area contributed by atoms with E-state index in [1.165, 1.54) is 17.0 Å². The molecule has 2 fully saturated rings. The Bertz CT molecular complexity index is 568. The molecule has 1 amide bonds. The maximum atomic E-state index is 13.5. The molecule has 22 heavy (non-hydrogen) atoms. The van der Waals surface area contributed by atoms with Crippen molar-refractivity contribution in [2.75, 3.05) is 0 Å². The van der Waals surface area contributed by atoms with E-state index in [4.69, 9.17) is 0 Å². The summed E-state index contributed by atoms with van der Waals surface area (Å²) in [5.41, 5.74) is -0.783. The highest BCUT2D eigenvalue weighted by Gasteiger charge is 2.49. The molecular weight excluding hydrogens is 288 g/mol. The molecular formula is C17H21F2NO2. The number of rotatable bonds is 3. The molecule has 1 saturated carbocycles. The molecule has 3 nitrogen and oxygen atoms in total. The molecule has 2 unspecified atom stereocenters. The van der Waals surface area contributed by atoms with Gasteiger partial charge < -0.3 is 10.0 Å². The third-order valence-electron chi connectivity index (χ3n) is 5.11. The summed E-state index contributed by atoms with van der Waals surface area (Å²) in [6, 6.07) is 2.89. The van der Waals surface area contributed by atoms with E-state index in [1.807, 2.05) is 6.92 Å². The largest absolute Gasteiger partial charge is 0.371 e. The SMILES string of the molecule is CCC1(O)CCC(c2cc(F)cc(F)c2)N1C(=O)C1CCC1. The molecule has 1 aliphatic carbocycles. The minimum Gasteiger partial charge on any atom is -0.371 e. The van der Waals surface area contributed by atoms with E-state index in [-0.39, 0.29) is 11.8 Å². The summed E-state index contributed by atoms with van der Waals surface area (Å²) in [6.07, 6.45) is 4.06. The standard InChI is InChI=1S/C17H21F2NO2/c1-2-17(22)7-6-15(12-8-13(18)10-14(19)9-12)20(17)16(21)11-4-3-5-11/h8-11,15,22H,2-7H2,1H3. The van der Waals surface area contributed by atoms with Gasteiger partial charge in [-0.25, -0.2) is 8.78 Å². The van der Waals surface area contributed by atoms with E-state index >= 15 is 0 Å². The topological polar surface area (TPSA) is 40.5 Å². The van der Waals surface area contributed by atoms with Gasteiger partial charge in [-0.05, 0) is 49.8 Å². The third-order valence-corrected chi connectivity index (χ3v) is 5.11. The van der Waals surface area contributed by atoms with Crippen LogP contribution in [0.1, 0.15) is 57.1 Å². The monoisotopic (exact) mass is 309 g/mol. The normalized spacial score (nSPS) is 28.7. The van der Waals surface area contributed by atoms with E-state index in [9.17, 15) is 18.7 Å². The Morgan fingerprint density at radius 1 is 1.27 bits per heavy atom. The molecule has 0 bridgehead atoms. The van der Waals surface area contributed by atoms with Gasteiger partial charge in [0.25, 0.3) is 0 Å². The fraction of sp³-hybridized carbons (Fsp3) is 0.588. The van der Waals surface area contributed by atoms with Gasteiger partial charge in [-0.1, -0.05) is 13.3 Å². The first kappa shape index (κ1) is 15.4. The van der Waals surface area contributed by atoms with Crippen molar-refractivity contribution < 1.29 is 18.7 Å². The summed E-state index contributed by atoms with van der Waals surface area (Å²) in [4.78, 5) is 14.2. The van der Waals surface area contributed by atoms with Gasteiger partial charge in [-0.2, -0.15) is 0 Å². The fourth-order valence-electron chi connectivity index (χ4n) is 3.55. The minimum absolute atomic E-state index is 0.0583. The van der Waals surface area contributed by atoms with E-state index in [1.54, 1.807) is 0 Å². The van der Waals surface area contributed by atoms with E-state index in [0.717, 1.165) is 25.3 Å². The Labute approximate surface area is 128 Å². The van der Waals surface area contributed by atoms with Gasteiger partial charge in [-0.3, -0.25) is 4.79 Å². The molecule has 1 N–H and O–H groups in total. The molecule has 3 rings (SSSR count). The van der Waals surface area contributed by atoms with Crippen molar-refractivity contribution in [1.29, 1.82) is 0 Å². The number of halogens is 2. The molecule has 1 saturated heterocycles. The molecule has 120 valence electrons. The van der Waals surface area contributed by atoms with Crippen molar-refractivity contribution in [3.63, 3.8) is 0 Å². The van der Waals surface area contributed by atoms with Crippen LogP contribution in [0.2, 0.25) is 0 Å². The molecule has 1 heterocycles. The lowest BCUT2D eigenvalue weighted by Crippen LogP contribution is -2.51. The van der Waals surface area contributed by atoms with Crippen molar-refractivity contribution in [3.8, 4) is 0 Å². The summed E-state index contributed by atoms with van der Waals surface area (Å²) in [5, 5.41) is 10.8. The van der Waals surface area contributed by atoms with Gasteiger partial charge in [0, 0.05) is 12.0 Å². The lowest BCUT2D eigenvalue weighted by atomic mass is 9.83. The van der Waals surface area contributed by atoms with Gasteiger partial charge in [0.05, 0.1) is 6.04 Å². The minimum atomic E-state index is -1.21. The van der Waals surface area contributed by atoms with Crippen LogP contribution in [0.5, 0.6) is 0 Å². The number of benzene rings is 1. The lowest BCUT2D eigenvalue weighted by Gasteiger charge is -2.40. The van der Waals surface area contributed by atoms with Crippen LogP contribution in [0.25, 0.3) is 0 Å². The van der Waals surface area contributed by atoms with Crippen LogP contribution in [0.15, 0.2) is 18.2 Å². The van der Waals surface area contributed by atoms with Crippen LogP contribution in [0.3, 0.4) is 0 Å². The molecule has 5 heteroatoms. The smallest absolute Gasteiger partial charge is 0.228 e. The zero-order valence-electron chi connectivity index (χ0n) is 12.7. The van der Waals surface area contributed by atoms with Crippen molar-refractivity contribution >= 4 is 5.91 Å². The number of likely N-dealkylation sites (tertiary alicyclic amines) is 1. The first-order valence-corrected chi connectivity index (χ1v) is 7.96. The predicted molar refractivity (Wildman–Crippen MR) is 77.8 cm³/mol. The van der Waals surface area contributed by atoms with Crippen molar-refractivity contribution in [1.82, 2.24) is 4.90 Å². The van der Waals surface area contributed by atoms with Crippen LogP contribution in [0, 0.1) is 17.6 Å². The molecule has 1 aromatic carbocycles. The zero-order valence-corrected chi connectivity index (χ0v) is 12.7. The van der Waals surface area contributed by atoms with Crippen LogP contribution >= 0.6 is 0 Å². The second kappa shape index (κ2) is 5.61. The number of hydrogen-bond acceptors (Lipinski definition) is 2. The molecule has 0 radical (unpaired) electrons. The number of amides is 1. The van der Waals surface area contributed by atoms with Crippen LogP contribution in [-0.4, -0.2) is 21.6 Å². The average Bonchev–Trinajstić information content (AvgIpc) is 2.74. The van der Waals surface area contributed by atoms with Gasteiger partial charge in [0.2, 0.25) is 5.91 Å². The van der Waals surface area contributed by atoms with E-state index < -0.39 is 23.4 Å². The van der Waals surface area contributed by atoms with Gasteiger partial charge in [0.15, 0.2) is 0 Å². The Hall–Kier alpha value is -1.49. The summed E-state index contributed by atoms with van der Waals surface area (Å²) in [6.45, 7) is 1.83. The van der Waals surface area contributed by atoms with Crippen LogP contribution in [0.4, 0.5) is 8.78 Å². The Morgan fingerprint density at radius 3 is 2.41 bits per heavy atom. The maximum Gasteiger partial charge on any atom is 0.228 e. The highest BCUT2D eigenvalue weighted by atomic mass is 19.1. The second-order valence-corrected chi connectivity index (χ2v) is 6.43. The van der Waals surface area contributed by atoms with Gasteiger partial charge in [0.1, 0.15) is 17.4 Å². The number of aliphatic hydroxyl groups is 1. The van der Waals surface area contributed by atoms with E-state index in [2.05, 4.69) is 0 Å². The highest BCUT2D eigenvalue weighted by molar-refractivity contribution is 5.81. The summed E-state index contributed by atoms with van der Waals surface area (Å²) < 4.78 is 27.0. The average molecular weight is 309 g/mol. The third kappa shape index (κ3) is 2.51.